The first-order chi connectivity index (χ1) is 6.83. The summed E-state index contributed by atoms with van der Waals surface area (Å²) in [4.78, 5) is 4.29. The van der Waals surface area contributed by atoms with Crippen LogP contribution in [-0.2, 0) is 11.2 Å². The Balaban J connectivity index is 2.45. The number of ether oxygens (including phenoxy) is 1. The highest BCUT2D eigenvalue weighted by Gasteiger charge is 2.05. The average molecular weight is 211 g/mol. The predicted octanol–water partition coefficient (Wildman–Crippen LogP) is 2.18. The van der Waals surface area contributed by atoms with Gasteiger partial charge in [-0.05, 0) is 12.1 Å². The third kappa shape index (κ3) is 1.61. The van der Waals surface area contributed by atoms with Gasteiger partial charge in [0.25, 0.3) is 0 Å². The van der Waals surface area contributed by atoms with E-state index in [-0.39, 0.29) is 0 Å². The minimum Gasteiger partial charge on any atom is -0.384 e. The standard InChI is InChI=1S/C10H11ClN2O/c1-14-6-5-10-12-7-8-3-2-4-9(11)13(8)10/h2-4,7H,5-6H2,1H3. The van der Waals surface area contributed by atoms with E-state index in [0.717, 1.165) is 17.8 Å². The lowest BCUT2D eigenvalue weighted by Crippen LogP contribution is -2.00. The fraction of sp³-hybridized carbons (Fsp3) is 0.300. The molecule has 0 amide bonds. The van der Waals surface area contributed by atoms with Crippen LogP contribution in [-0.4, -0.2) is 23.1 Å². The van der Waals surface area contributed by atoms with E-state index in [1.165, 1.54) is 0 Å². The van der Waals surface area contributed by atoms with Crippen LogP contribution in [0.15, 0.2) is 24.4 Å². The maximum absolute atomic E-state index is 6.06. The Morgan fingerprint density at radius 2 is 2.36 bits per heavy atom. The third-order valence-corrected chi connectivity index (χ3v) is 2.40. The molecule has 0 aliphatic heterocycles. The molecule has 4 heteroatoms. The van der Waals surface area contributed by atoms with Crippen LogP contribution in [0.5, 0.6) is 0 Å². The van der Waals surface area contributed by atoms with Crippen LogP contribution < -0.4 is 0 Å². The van der Waals surface area contributed by atoms with E-state index in [1.54, 1.807) is 7.11 Å². The van der Waals surface area contributed by atoms with E-state index in [1.807, 2.05) is 28.8 Å². The van der Waals surface area contributed by atoms with Gasteiger partial charge in [-0.15, -0.1) is 0 Å². The maximum Gasteiger partial charge on any atom is 0.116 e. The molecule has 0 atom stereocenters. The monoisotopic (exact) mass is 210 g/mol. The van der Waals surface area contributed by atoms with Crippen molar-refractivity contribution in [2.24, 2.45) is 0 Å². The molecule has 0 aromatic carbocycles. The smallest absolute Gasteiger partial charge is 0.116 e. The Morgan fingerprint density at radius 1 is 1.50 bits per heavy atom. The number of rotatable bonds is 3. The minimum atomic E-state index is 0.657. The second-order valence-corrected chi connectivity index (χ2v) is 3.41. The van der Waals surface area contributed by atoms with Gasteiger partial charge in [0.1, 0.15) is 11.0 Å². The van der Waals surface area contributed by atoms with E-state index in [2.05, 4.69) is 4.98 Å². The molecule has 2 aromatic heterocycles. The fourth-order valence-corrected chi connectivity index (χ4v) is 1.71. The summed E-state index contributed by atoms with van der Waals surface area (Å²) < 4.78 is 6.94. The lowest BCUT2D eigenvalue weighted by Gasteiger charge is -2.02. The van der Waals surface area contributed by atoms with Gasteiger partial charge in [-0.2, -0.15) is 0 Å². The zero-order valence-electron chi connectivity index (χ0n) is 7.90. The molecule has 0 N–H and O–H groups in total. The summed E-state index contributed by atoms with van der Waals surface area (Å²) in [6.07, 6.45) is 2.59. The molecule has 0 saturated carbocycles. The van der Waals surface area contributed by atoms with E-state index in [4.69, 9.17) is 16.3 Å². The van der Waals surface area contributed by atoms with Gasteiger partial charge in [-0.1, -0.05) is 17.7 Å². The topological polar surface area (TPSA) is 26.5 Å². The molecule has 3 nitrogen and oxygen atoms in total. The van der Waals surface area contributed by atoms with Crippen LogP contribution in [0.2, 0.25) is 5.15 Å². The second-order valence-electron chi connectivity index (χ2n) is 3.03. The van der Waals surface area contributed by atoms with Crippen molar-refractivity contribution in [1.82, 2.24) is 9.38 Å². The number of halogens is 1. The van der Waals surface area contributed by atoms with Crippen molar-refractivity contribution < 1.29 is 4.74 Å². The van der Waals surface area contributed by atoms with Crippen LogP contribution in [0.25, 0.3) is 5.52 Å². The number of nitrogens with zero attached hydrogens (tertiary/aromatic N) is 2. The zero-order valence-corrected chi connectivity index (χ0v) is 8.66. The number of pyridine rings is 1. The Bertz CT molecular complexity index is 439. The van der Waals surface area contributed by atoms with Gasteiger partial charge in [-0.25, -0.2) is 4.98 Å². The maximum atomic E-state index is 6.06. The number of hydrogen-bond donors (Lipinski definition) is 0. The summed E-state index contributed by atoms with van der Waals surface area (Å²) in [6.45, 7) is 0.657. The highest BCUT2D eigenvalue weighted by Crippen LogP contribution is 2.15. The molecule has 0 aliphatic carbocycles. The van der Waals surface area contributed by atoms with Gasteiger partial charge in [0, 0.05) is 13.5 Å². The van der Waals surface area contributed by atoms with Gasteiger partial charge in [0.2, 0.25) is 0 Å². The molecule has 14 heavy (non-hydrogen) atoms. The van der Waals surface area contributed by atoms with Crippen LogP contribution in [0, 0.1) is 0 Å². The summed E-state index contributed by atoms with van der Waals surface area (Å²) in [7, 11) is 1.68. The van der Waals surface area contributed by atoms with Crippen molar-refractivity contribution in [2.75, 3.05) is 13.7 Å². The summed E-state index contributed by atoms with van der Waals surface area (Å²) in [6, 6.07) is 5.75. The summed E-state index contributed by atoms with van der Waals surface area (Å²) in [5, 5.41) is 0.686. The summed E-state index contributed by atoms with van der Waals surface area (Å²) >= 11 is 6.06. The highest BCUT2D eigenvalue weighted by molar-refractivity contribution is 6.29. The van der Waals surface area contributed by atoms with Gasteiger partial charge >= 0.3 is 0 Å². The lowest BCUT2D eigenvalue weighted by molar-refractivity contribution is 0.200. The number of hydrogen-bond acceptors (Lipinski definition) is 2. The Kier molecular flexibility index (Phi) is 2.70. The average Bonchev–Trinajstić information content (AvgIpc) is 2.59. The molecule has 2 aromatic rings. The molecule has 0 aliphatic rings. The van der Waals surface area contributed by atoms with Gasteiger partial charge in [0.05, 0.1) is 18.3 Å². The third-order valence-electron chi connectivity index (χ3n) is 2.11. The molecule has 74 valence electrons. The van der Waals surface area contributed by atoms with Crippen molar-refractivity contribution in [3.8, 4) is 0 Å². The molecular formula is C10H11ClN2O. The number of methoxy groups -OCH3 is 1. The Morgan fingerprint density at radius 3 is 3.14 bits per heavy atom. The lowest BCUT2D eigenvalue weighted by atomic mass is 10.4. The molecular weight excluding hydrogens is 200 g/mol. The van der Waals surface area contributed by atoms with Crippen molar-refractivity contribution in [1.29, 1.82) is 0 Å². The van der Waals surface area contributed by atoms with Gasteiger partial charge in [-0.3, -0.25) is 4.40 Å². The van der Waals surface area contributed by atoms with E-state index < -0.39 is 0 Å². The van der Waals surface area contributed by atoms with Crippen molar-refractivity contribution in [3.63, 3.8) is 0 Å². The fourth-order valence-electron chi connectivity index (χ4n) is 1.44. The first kappa shape index (κ1) is 9.49. The van der Waals surface area contributed by atoms with Crippen molar-refractivity contribution >= 4 is 17.1 Å². The molecule has 0 unspecified atom stereocenters. The molecule has 2 rings (SSSR count). The largest absolute Gasteiger partial charge is 0.384 e. The normalized spacial score (nSPS) is 11.0. The first-order valence-corrected chi connectivity index (χ1v) is 4.80. The molecule has 0 fully saturated rings. The molecule has 2 heterocycles. The first-order valence-electron chi connectivity index (χ1n) is 4.42. The van der Waals surface area contributed by atoms with Gasteiger partial charge < -0.3 is 4.74 Å². The highest BCUT2D eigenvalue weighted by atomic mass is 35.5. The summed E-state index contributed by atoms with van der Waals surface area (Å²) in [5.74, 6) is 0.937. The van der Waals surface area contributed by atoms with Crippen molar-refractivity contribution in [2.45, 2.75) is 6.42 Å². The number of imidazole rings is 1. The summed E-state index contributed by atoms with van der Waals surface area (Å²) in [5.41, 5.74) is 1.02. The van der Waals surface area contributed by atoms with Gasteiger partial charge in [0.15, 0.2) is 0 Å². The van der Waals surface area contributed by atoms with E-state index >= 15 is 0 Å². The van der Waals surface area contributed by atoms with Crippen LogP contribution in [0.1, 0.15) is 5.82 Å². The number of aromatic nitrogens is 2. The van der Waals surface area contributed by atoms with Crippen LogP contribution in [0.4, 0.5) is 0 Å². The molecule has 0 radical (unpaired) electrons. The SMILES string of the molecule is COCCc1ncc2cccc(Cl)n12. The molecule has 0 spiro atoms. The molecule has 0 bridgehead atoms. The van der Waals surface area contributed by atoms with Crippen LogP contribution >= 0.6 is 11.6 Å². The zero-order chi connectivity index (χ0) is 9.97. The van der Waals surface area contributed by atoms with Crippen LogP contribution in [0.3, 0.4) is 0 Å². The Hall–Kier alpha value is -1.06. The van der Waals surface area contributed by atoms with E-state index in [0.29, 0.717) is 11.8 Å². The second kappa shape index (κ2) is 3.98. The quantitative estimate of drug-likeness (QED) is 0.726. The van der Waals surface area contributed by atoms with E-state index in [9.17, 15) is 0 Å². The Labute approximate surface area is 87.3 Å². The number of fused-ring (bicyclic) bond motifs is 1. The predicted molar refractivity (Wildman–Crippen MR) is 55.8 cm³/mol. The van der Waals surface area contributed by atoms with Crippen molar-refractivity contribution in [3.05, 3.63) is 35.4 Å². The minimum absolute atomic E-state index is 0.657. The molecule has 0 saturated heterocycles.